The van der Waals surface area contributed by atoms with E-state index < -0.39 is 0 Å². The molecule has 4 rings (SSSR count). The second-order valence-corrected chi connectivity index (χ2v) is 6.98. The number of thioether (sulfide) groups is 1. The monoisotopic (exact) mass is 288 g/mol. The first-order valence-corrected chi connectivity index (χ1v) is 8.63. The molecule has 106 valence electrons. The highest BCUT2D eigenvalue weighted by atomic mass is 32.2. The Balaban J connectivity index is 1.82. The first kappa shape index (κ1) is 12.7. The van der Waals surface area contributed by atoms with Crippen LogP contribution in [0.1, 0.15) is 42.8 Å². The number of hydrogen-bond donors (Lipinski definition) is 1. The lowest BCUT2D eigenvalue weighted by Gasteiger charge is -2.25. The fourth-order valence-corrected chi connectivity index (χ4v) is 4.65. The highest BCUT2D eigenvalue weighted by Crippen LogP contribution is 2.40. The van der Waals surface area contributed by atoms with E-state index in [-0.39, 0.29) is 0 Å². The van der Waals surface area contributed by atoms with Gasteiger partial charge >= 0.3 is 0 Å². The van der Waals surface area contributed by atoms with Crippen molar-refractivity contribution in [3.05, 3.63) is 24.2 Å². The van der Waals surface area contributed by atoms with Crippen LogP contribution in [0.3, 0.4) is 0 Å². The van der Waals surface area contributed by atoms with Gasteiger partial charge in [0.25, 0.3) is 0 Å². The van der Waals surface area contributed by atoms with E-state index in [0.29, 0.717) is 11.3 Å². The first-order chi connectivity index (χ1) is 9.93. The minimum absolute atomic E-state index is 0.534. The molecule has 2 aliphatic heterocycles. The van der Waals surface area contributed by atoms with Gasteiger partial charge in [-0.05, 0) is 50.1 Å². The van der Waals surface area contributed by atoms with Crippen molar-refractivity contribution in [2.45, 2.75) is 37.0 Å². The quantitative estimate of drug-likeness (QED) is 0.922. The van der Waals surface area contributed by atoms with Crippen LogP contribution in [0.15, 0.2) is 18.3 Å². The van der Waals surface area contributed by atoms with Crippen molar-refractivity contribution < 1.29 is 0 Å². The Morgan fingerprint density at radius 3 is 3.10 bits per heavy atom. The Kier molecular flexibility index (Phi) is 3.40. The molecule has 0 radical (unpaired) electrons. The van der Waals surface area contributed by atoms with Gasteiger partial charge in [-0.2, -0.15) is 0 Å². The molecule has 0 aromatic carbocycles. The predicted octanol–water partition coefficient (Wildman–Crippen LogP) is 2.92. The van der Waals surface area contributed by atoms with Gasteiger partial charge in [0.15, 0.2) is 5.65 Å². The molecule has 1 N–H and O–H groups in total. The molecule has 20 heavy (non-hydrogen) atoms. The topological polar surface area (TPSA) is 42.7 Å². The summed E-state index contributed by atoms with van der Waals surface area (Å²) in [5.74, 6) is 3.06. The summed E-state index contributed by atoms with van der Waals surface area (Å²) in [6.45, 7) is 2.20. The maximum absolute atomic E-state index is 4.93. The summed E-state index contributed by atoms with van der Waals surface area (Å²) in [6.07, 6.45) is 6.94. The zero-order valence-corrected chi connectivity index (χ0v) is 12.4. The predicted molar refractivity (Wildman–Crippen MR) is 83.1 cm³/mol. The van der Waals surface area contributed by atoms with E-state index in [4.69, 9.17) is 4.98 Å². The number of pyridine rings is 1. The SMILES string of the molecule is c1cnc2c(c1)nc(C1CCCNC1)n2C1CCCS1. The summed E-state index contributed by atoms with van der Waals surface area (Å²) in [5, 5.41) is 4.05. The van der Waals surface area contributed by atoms with E-state index >= 15 is 0 Å². The summed E-state index contributed by atoms with van der Waals surface area (Å²) < 4.78 is 2.44. The zero-order valence-electron chi connectivity index (χ0n) is 11.6. The second kappa shape index (κ2) is 5.37. The molecular weight excluding hydrogens is 268 g/mol. The smallest absolute Gasteiger partial charge is 0.160 e. The summed E-state index contributed by atoms with van der Waals surface area (Å²) in [4.78, 5) is 9.54. The van der Waals surface area contributed by atoms with Crippen LogP contribution in [0, 0.1) is 0 Å². The van der Waals surface area contributed by atoms with E-state index in [2.05, 4.69) is 32.7 Å². The van der Waals surface area contributed by atoms with Crippen molar-refractivity contribution >= 4 is 22.9 Å². The van der Waals surface area contributed by atoms with Gasteiger partial charge < -0.3 is 5.32 Å². The van der Waals surface area contributed by atoms with Crippen molar-refractivity contribution in [2.75, 3.05) is 18.8 Å². The second-order valence-electron chi connectivity index (χ2n) is 5.70. The Bertz CT molecular complexity index is 597. The van der Waals surface area contributed by atoms with Gasteiger partial charge in [0, 0.05) is 18.7 Å². The average molecular weight is 288 g/mol. The number of fused-ring (bicyclic) bond motifs is 1. The lowest BCUT2D eigenvalue weighted by Crippen LogP contribution is -2.30. The molecule has 2 aromatic heterocycles. The highest BCUT2D eigenvalue weighted by molar-refractivity contribution is 7.99. The lowest BCUT2D eigenvalue weighted by atomic mass is 9.99. The van der Waals surface area contributed by atoms with Crippen LogP contribution < -0.4 is 5.32 Å². The van der Waals surface area contributed by atoms with Crippen molar-refractivity contribution in [1.29, 1.82) is 0 Å². The van der Waals surface area contributed by atoms with Gasteiger partial charge in [0.2, 0.25) is 0 Å². The molecule has 2 saturated heterocycles. The molecule has 2 unspecified atom stereocenters. The molecule has 4 heterocycles. The molecule has 2 fully saturated rings. The van der Waals surface area contributed by atoms with Crippen LogP contribution in [0.2, 0.25) is 0 Å². The number of aromatic nitrogens is 3. The van der Waals surface area contributed by atoms with Crippen molar-refractivity contribution in [3.8, 4) is 0 Å². The van der Waals surface area contributed by atoms with Crippen LogP contribution in [0.5, 0.6) is 0 Å². The molecule has 2 aromatic rings. The maximum atomic E-state index is 4.93. The largest absolute Gasteiger partial charge is 0.316 e. The van der Waals surface area contributed by atoms with E-state index in [1.54, 1.807) is 0 Å². The Morgan fingerprint density at radius 2 is 2.30 bits per heavy atom. The number of nitrogens with zero attached hydrogens (tertiary/aromatic N) is 3. The molecule has 2 aliphatic rings. The van der Waals surface area contributed by atoms with E-state index in [1.165, 1.54) is 37.3 Å². The third-order valence-corrected chi connectivity index (χ3v) is 5.69. The van der Waals surface area contributed by atoms with Crippen LogP contribution >= 0.6 is 11.8 Å². The number of piperidine rings is 1. The number of imidazole rings is 1. The van der Waals surface area contributed by atoms with Crippen LogP contribution in [0.25, 0.3) is 11.2 Å². The third-order valence-electron chi connectivity index (χ3n) is 4.33. The summed E-state index contributed by atoms with van der Waals surface area (Å²) in [7, 11) is 0. The fourth-order valence-electron chi connectivity index (χ4n) is 3.36. The molecule has 0 aliphatic carbocycles. The van der Waals surface area contributed by atoms with Crippen molar-refractivity contribution in [1.82, 2.24) is 19.9 Å². The number of rotatable bonds is 2. The Labute approximate surface area is 123 Å². The highest BCUT2D eigenvalue weighted by Gasteiger charge is 2.28. The molecule has 0 bridgehead atoms. The van der Waals surface area contributed by atoms with Gasteiger partial charge in [-0.15, -0.1) is 11.8 Å². The van der Waals surface area contributed by atoms with Gasteiger partial charge in [-0.3, -0.25) is 4.57 Å². The minimum Gasteiger partial charge on any atom is -0.316 e. The number of hydrogen-bond acceptors (Lipinski definition) is 4. The first-order valence-electron chi connectivity index (χ1n) is 7.58. The van der Waals surface area contributed by atoms with Crippen LogP contribution in [-0.2, 0) is 0 Å². The van der Waals surface area contributed by atoms with Crippen molar-refractivity contribution in [3.63, 3.8) is 0 Å². The lowest BCUT2D eigenvalue weighted by molar-refractivity contribution is 0.431. The summed E-state index contributed by atoms with van der Waals surface area (Å²) in [6, 6.07) is 4.09. The van der Waals surface area contributed by atoms with Crippen LogP contribution in [0.4, 0.5) is 0 Å². The third kappa shape index (κ3) is 2.13. The molecular formula is C15H20N4S. The van der Waals surface area contributed by atoms with Crippen LogP contribution in [-0.4, -0.2) is 33.4 Å². The Morgan fingerprint density at radius 1 is 1.30 bits per heavy atom. The van der Waals surface area contributed by atoms with E-state index in [0.717, 1.165) is 24.3 Å². The maximum Gasteiger partial charge on any atom is 0.160 e. The van der Waals surface area contributed by atoms with Gasteiger partial charge in [-0.25, -0.2) is 9.97 Å². The van der Waals surface area contributed by atoms with E-state index in [1.807, 2.05) is 12.3 Å². The average Bonchev–Trinajstić information content (AvgIpc) is 3.14. The summed E-state index contributed by atoms with van der Waals surface area (Å²) >= 11 is 2.06. The fraction of sp³-hybridized carbons (Fsp3) is 0.600. The standard InChI is InChI=1S/C15H20N4S/c1-4-11(10-16-7-1)14-18-12-5-2-8-17-15(12)19(14)13-6-3-9-20-13/h2,5,8,11,13,16H,1,3-4,6-7,9-10H2. The molecule has 5 heteroatoms. The molecule has 0 spiro atoms. The number of nitrogens with one attached hydrogen (secondary N) is 1. The van der Waals surface area contributed by atoms with Gasteiger partial charge in [0.05, 0.1) is 5.37 Å². The summed E-state index contributed by atoms with van der Waals surface area (Å²) in [5.41, 5.74) is 2.13. The van der Waals surface area contributed by atoms with Gasteiger partial charge in [-0.1, -0.05) is 0 Å². The van der Waals surface area contributed by atoms with E-state index in [9.17, 15) is 0 Å². The van der Waals surface area contributed by atoms with Gasteiger partial charge in [0.1, 0.15) is 11.3 Å². The molecule has 0 saturated carbocycles. The van der Waals surface area contributed by atoms with Crippen molar-refractivity contribution in [2.24, 2.45) is 0 Å². The zero-order chi connectivity index (χ0) is 13.4. The molecule has 2 atom stereocenters. The minimum atomic E-state index is 0.534. The normalized spacial score (nSPS) is 27.2. The molecule has 4 nitrogen and oxygen atoms in total. The Hall–Kier alpha value is -1.07. The molecule has 0 amide bonds.